The Morgan fingerprint density at radius 1 is 1.00 bits per heavy atom. The van der Waals surface area contributed by atoms with Gasteiger partial charge < -0.3 is 15.4 Å². The molecule has 2 atom stereocenters. The molecule has 0 bridgehead atoms. The molecule has 2 amide bonds. The molecule has 2 N–H and O–H groups in total. The summed E-state index contributed by atoms with van der Waals surface area (Å²) in [7, 11) is 0. The number of ether oxygens (including phenoxy) is 1. The van der Waals surface area contributed by atoms with E-state index >= 15 is 0 Å². The molecule has 0 saturated heterocycles. The third kappa shape index (κ3) is 7.69. The van der Waals surface area contributed by atoms with Crippen molar-refractivity contribution in [1.29, 1.82) is 0 Å². The zero-order chi connectivity index (χ0) is 24.5. The predicted octanol–water partition coefficient (Wildman–Crippen LogP) is 6.05. The Balaban J connectivity index is 1.56. The summed E-state index contributed by atoms with van der Waals surface area (Å²) in [6, 6.07) is 14.1. The molecule has 5 nitrogen and oxygen atoms in total. The van der Waals surface area contributed by atoms with Crippen LogP contribution in [0, 0.1) is 5.92 Å². The van der Waals surface area contributed by atoms with Gasteiger partial charge in [-0.2, -0.15) is 0 Å². The quantitative estimate of drug-likeness (QED) is 0.499. The van der Waals surface area contributed by atoms with E-state index < -0.39 is 0 Å². The maximum Gasteiger partial charge on any atom is 0.251 e. The van der Waals surface area contributed by atoms with Gasteiger partial charge in [0.25, 0.3) is 5.91 Å². The molecule has 5 heteroatoms. The van der Waals surface area contributed by atoms with E-state index in [1.165, 1.54) is 24.5 Å². The number of benzene rings is 2. The highest BCUT2D eigenvalue weighted by atomic mass is 16.5. The molecule has 1 aliphatic carbocycles. The normalized spacial score (nSPS) is 17.1. The van der Waals surface area contributed by atoms with E-state index in [1.54, 1.807) is 0 Å². The third-order valence-corrected chi connectivity index (χ3v) is 6.55. The standard InChI is InChI=1S/C29H40N2O3/c1-20(2)30-29(33)27-16-9-14-24-13-7-10-23(11-8-15-26(24)27)18-21(3)34-19-25-12-5-6-17-28(25)31-22(4)32/h5-6,9,12,14,16-17,20-21,23H,7-8,10-11,13,15,18-19H2,1-4H3,(H,30,33)(H,31,32). The molecule has 184 valence electrons. The average Bonchev–Trinajstić information content (AvgIpc) is 2.87. The Hall–Kier alpha value is -2.66. The molecule has 0 saturated carbocycles. The summed E-state index contributed by atoms with van der Waals surface area (Å²) < 4.78 is 6.20. The molecule has 1 aliphatic rings. The lowest BCUT2D eigenvalue weighted by atomic mass is 9.91. The number of amides is 2. The zero-order valence-corrected chi connectivity index (χ0v) is 21.2. The first-order chi connectivity index (χ1) is 16.3. The lowest BCUT2D eigenvalue weighted by Gasteiger charge is -2.21. The first-order valence-electron chi connectivity index (χ1n) is 12.7. The van der Waals surface area contributed by atoms with Crippen LogP contribution in [0.5, 0.6) is 0 Å². The van der Waals surface area contributed by atoms with Crippen LogP contribution in [0.4, 0.5) is 5.69 Å². The van der Waals surface area contributed by atoms with Crippen LogP contribution < -0.4 is 10.6 Å². The number of aryl methyl sites for hydroxylation is 1. The summed E-state index contributed by atoms with van der Waals surface area (Å²) in [4.78, 5) is 24.2. The van der Waals surface area contributed by atoms with Crippen molar-refractivity contribution < 1.29 is 14.3 Å². The monoisotopic (exact) mass is 464 g/mol. The number of anilines is 1. The molecule has 2 aromatic carbocycles. The summed E-state index contributed by atoms with van der Waals surface area (Å²) >= 11 is 0. The van der Waals surface area contributed by atoms with Gasteiger partial charge in [0.2, 0.25) is 5.91 Å². The van der Waals surface area contributed by atoms with Crippen LogP contribution in [0.15, 0.2) is 42.5 Å². The molecule has 2 unspecified atom stereocenters. The van der Waals surface area contributed by atoms with E-state index in [4.69, 9.17) is 4.74 Å². The van der Waals surface area contributed by atoms with Crippen LogP contribution in [0.3, 0.4) is 0 Å². The summed E-state index contributed by atoms with van der Waals surface area (Å²) in [5.74, 6) is 0.587. The van der Waals surface area contributed by atoms with Gasteiger partial charge in [0.1, 0.15) is 0 Å². The average molecular weight is 465 g/mol. The second kappa shape index (κ2) is 12.7. The highest BCUT2D eigenvalue weighted by Crippen LogP contribution is 2.29. The number of hydrogen-bond donors (Lipinski definition) is 2. The first-order valence-corrected chi connectivity index (χ1v) is 12.7. The van der Waals surface area contributed by atoms with Gasteiger partial charge in [-0.15, -0.1) is 0 Å². The van der Waals surface area contributed by atoms with Crippen molar-refractivity contribution in [3.05, 3.63) is 64.7 Å². The number of nitrogens with one attached hydrogen (secondary N) is 2. The molecule has 0 spiro atoms. The molecule has 0 aliphatic heterocycles. The van der Waals surface area contributed by atoms with E-state index in [1.807, 2.05) is 50.2 Å². The number of hydrogen-bond acceptors (Lipinski definition) is 3. The summed E-state index contributed by atoms with van der Waals surface area (Å²) in [5.41, 5.74) is 5.23. The second-order valence-corrected chi connectivity index (χ2v) is 9.92. The number of rotatable bonds is 8. The van der Waals surface area contributed by atoms with E-state index in [0.717, 1.165) is 55.3 Å². The second-order valence-electron chi connectivity index (χ2n) is 9.92. The van der Waals surface area contributed by atoms with Crippen molar-refractivity contribution >= 4 is 17.5 Å². The van der Waals surface area contributed by atoms with E-state index in [9.17, 15) is 9.59 Å². The Kier molecular flexibility index (Phi) is 9.70. The lowest BCUT2D eigenvalue weighted by Crippen LogP contribution is -2.31. The van der Waals surface area contributed by atoms with E-state index in [-0.39, 0.29) is 24.0 Å². The van der Waals surface area contributed by atoms with Crippen molar-refractivity contribution in [3.8, 4) is 0 Å². The Morgan fingerprint density at radius 2 is 1.74 bits per heavy atom. The molecule has 0 fully saturated rings. The number of para-hydroxylation sites is 1. The van der Waals surface area contributed by atoms with Crippen LogP contribution in [-0.4, -0.2) is 24.0 Å². The Morgan fingerprint density at radius 3 is 2.47 bits per heavy atom. The van der Waals surface area contributed by atoms with Gasteiger partial charge in [0, 0.05) is 29.8 Å². The highest BCUT2D eigenvalue weighted by molar-refractivity contribution is 5.96. The fourth-order valence-electron chi connectivity index (χ4n) is 4.97. The lowest BCUT2D eigenvalue weighted by molar-refractivity contribution is -0.114. The Bertz CT molecular complexity index is 970. The highest BCUT2D eigenvalue weighted by Gasteiger charge is 2.20. The van der Waals surface area contributed by atoms with Gasteiger partial charge in [-0.25, -0.2) is 0 Å². The van der Waals surface area contributed by atoms with Gasteiger partial charge in [-0.1, -0.05) is 43.2 Å². The largest absolute Gasteiger partial charge is 0.374 e. The molecular formula is C29H40N2O3. The van der Waals surface area contributed by atoms with E-state index in [2.05, 4.69) is 23.6 Å². The SMILES string of the molecule is CC(=O)Nc1ccccc1COC(C)CC1CCCc2cccc(C(=O)NC(C)C)c2CCC1. The number of carbonyl (C=O) groups is 2. The van der Waals surface area contributed by atoms with Gasteiger partial charge in [-0.05, 0) is 82.1 Å². The summed E-state index contributed by atoms with van der Waals surface area (Å²) in [6.07, 6.45) is 7.69. The van der Waals surface area contributed by atoms with Crippen molar-refractivity contribution in [1.82, 2.24) is 5.32 Å². The van der Waals surface area contributed by atoms with Gasteiger partial charge in [0.15, 0.2) is 0 Å². The molecule has 2 aromatic rings. The molecule has 0 radical (unpaired) electrons. The fraction of sp³-hybridized carbons (Fsp3) is 0.517. The number of fused-ring (bicyclic) bond motifs is 1. The maximum absolute atomic E-state index is 12.7. The van der Waals surface area contributed by atoms with Crippen molar-refractivity contribution in [2.24, 2.45) is 5.92 Å². The minimum absolute atomic E-state index is 0.0456. The minimum Gasteiger partial charge on any atom is -0.374 e. The summed E-state index contributed by atoms with van der Waals surface area (Å²) in [6.45, 7) is 8.17. The predicted molar refractivity (Wildman–Crippen MR) is 138 cm³/mol. The van der Waals surface area contributed by atoms with E-state index in [0.29, 0.717) is 12.5 Å². The maximum atomic E-state index is 12.7. The Labute approximate surface area is 204 Å². The topological polar surface area (TPSA) is 67.4 Å². The molecule has 0 heterocycles. The van der Waals surface area contributed by atoms with Crippen molar-refractivity contribution in [3.63, 3.8) is 0 Å². The van der Waals surface area contributed by atoms with Crippen LogP contribution >= 0.6 is 0 Å². The fourth-order valence-corrected chi connectivity index (χ4v) is 4.97. The smallest absolute Gasteiger partial charge is 0.251 e. The van der Waals surface area contributed by atoms with Crippen molar-refractivity contribution in [2.75, 3.05) is 5.32 Å². The molecule has 0 aromatic heterocycles. The molecule has 34 heavy (non-hydrogen) atoms. The van der Waals surface area contributed by atoms with Crippen LogP contribution in [-0.2, 0) is 29.0 Å². The molecule has 3 rings (SSSR count). The van der Waals surface area contributed by atoms with Crippen molar-refractivity contribution in [2.45, 2.75) is 91.4 Å². The van der Waals surface area contributed by atoms with Gasteiger partial charge in [-0.3, -0.25) is 9.59 Å². The van der Waals surface area contributed by atoms with Gasteiger partial charge in [0.05, 0.1) is 12.7 Å². The van der Waals surface area contributed by atoms with Gasteiger partial charge >= 0.3 is 0 Å². The summed E-state index contributed by atoms with van der Waals surface area (Å²) in [5, 5.41) is 5.94. The van der Waals surface area contributed by atoms with Crippen LogP contribution in [0.25, 0.3) is 0 Å². The van der Waals surface area contributed by atoms with Crippen LogP contribution in [0.1, 0.15) is 86.8 Å². The zero-order valence-electron chi connectivity index (χ0n) is 21.2. The number of carbonyl (C=O) groups excluding carboxylic acids is 2. The molecular weight excluding hydrogens is 424 g/mol. The minimum atomic E-state index is -0.0723. The third-order valence-electron chi connectivity index (χ3n) is 6.55. The first kappa shape index (κ1) is 26.0. The van der Waals surface area contributed by atoms with Crippen LogP contribution in [0.2, 0.25) is 0 Å².